The van der Waals surface area contributed by atoms with E-state index in [2.05, 4.69) is 82.7 Å². The van der Waals surface area contributed by atoms with Gasteiger partial charge in [-0.3, -0.25) is 4.57 Å². The Bertz CT molecular complexity index is 1090. The van der Waals surface area contributed by atoms with Crippen LogP contribution in [0.5, 0.6) is 0 Å². The fourth-order valence-electron chi connectivity index (χ4n) is 3.32. The van der Waals surface area contributed by atoms with Crippen molar-refractivity contribution in [1.29, 1.82) is 0 Å². The number of halogens is 3. The monoisotopic (exact) mass is 565 g/mol. The molecule has 3 rings (SSSR count). The highest BCUT2D eigenvalue weighted by atomic mass is 35.5. The molecule has 0 bridgehead atoms. The molecule has 0 spiro atoms. The number of hydrogen-bond acceptors (Lipinski definition) is 7. The van der Waals surface area contributed by atoms with Crippen molar-refractivity contribution in [3.63, 3.8) is 0 Å². The molecule has 0 radical (unpaired) electrons. The molecular formula is C22H38Cl2FN5O3Si2. The third-order valence-electron chi connectivity index (χ3n) is 7.64. The van der Waals surface area contributed by atoms with Crippen molar-refractivity contribution < 1.29 is 18.0 Å². The van der Waals surface area contributed by atoms with Crippen LogP contribution in [0.3, 0.4) is 0 Å². The summed E-state index contributed by atoms with van der Waals surface area (Å²) in [6.45, 7) is 21.2. The zero-order chi connectivity index (χ0) is 26.8. The molecular weight excluding hydrogens is 528 g/mol. The number of aromatic nitrogens is 4. The van der Waals surface area contributed by atoms with Crippen LogP contribution in [-0.4, -0.2) is 60.1 Å². The van der Waals surface area contributed by atoms with E-state index in [9.17, 15) is 0 Å². The lowest BCUT2D eigenvalue weighted by atomic mass is 10.1. The number of hydrogen-bond donors (Lipinski definition) is 1. The lowest BCUT2D eigenvalue weighted by Crippen LogP contribution is -2.52. The summed E-state index contributed by atoms with van der Waals surface area (Å²) in [4.78, 5) is 12.4. The van der Waals surface area contributed by atoms with Crippen LogP contribution in [0.4, 0.5) is 10.3 Å². The Morgan fingerprint density at radius 1 is 1.11 bits per heavy atom. The van der Waals surface area contributed by atoms with Gasteiger partial charge in [0.05, 0.1) is 12.9 Å². The molecule has 1 unspecified atom stereocenters. The van der Waals surface area contributed by atoms with Crippen LogP contribution in [-0.2, 0) is 13.6 Å². The van der Waals surface area contributed by atoms with Crippen LogP contribution in [0.1, 0.15) is 47.8 Å². The van der Waals surface area contributed by atoms with Crippen LogP contribution in [0.15, 0.2) is 6.33 Å². The third-order valence-corrected chi connectivity index (χ3v) is 17.3. The summed E-state index contributed by atoms with van der Waals surface area (Å²) in [7, 11) is -4.59. The van der Waals surface area contributed by atoms with Gasteiger partial charge in [-0.25, -0.2) is 9.37 Å². The zero-order valence-electron chi connectivity index (χ0n) is 22.2. The molecule has 0 aliphatic carbocycles. The predicted octanol–water partition coefficient (Wildman–Crippen LogP) is 6.28. The van der Waals surface area contributed by atoms with Crippen molar-refractivity contribution >= 4 is 56.9 Å². The number of ether oxygens (including phenoxy) is 1. The number of nitrogen functional groups attached to an aromatic ring is 1. The van der Waals surface area contributed by atoms with Crippen molar-refractivity contribution in [3.8, 4) is 0 Å². The molecule has 2 aromatic heterocycles. The van der Waals surface area contributed by atoms with Gasteiger partial charge in [-0.1, -0.05) is 64.7 Å². The summed E-state index contributed by atoms with van der Waals surface area (Å²) in [6, 6.07) is 0. The first-order valence-corrected chi connectivity index (χ1v) is 18.3. The first-order chi connectivity index (χ1) is 15.7. The molecule has 1 fully saturated rings. The average Bonchev–Trinajstić information content (AvgIpc) is 3.17. The van der Waals surface area contributed by atoms with Crippen molar-refractivity contribution in [2.24, 2.45) is 0 Å². The van der Waals surface area contributed by atoms with E-state index in [0.717, 1.165) is 0 Å². The molecule has 13 heteroatoms. The second kappa shape index (κ2) is 9.18. The van der Waals surface area contributed by atoms with Gasteiger partial charge in [-0.2, -0.15) is 9.97 Å². The smallest absolute Gasteiger partial charge is 0.255 e. The van der Waals surface area contributed by atoms with E-state index in [-0.39, 0.29) is 38.9 Å². The van der Waals surface area contributed by atoms with Crippen molar-refractivity contribution in [1.82, 2.24) is 19.5 Å². The molecule has 0 amide bonds. The summed E-state index contributed by atoms with van der Waals surface area (Å²) < 4.78 is 37.2. The van der Waals surface area contributed by atoms with E-state index < -0.39 is 40.2 Å². The lowest BCUT2D eigenvalue weighted by molar-refractivity contribution is -0.0451. The van der Waals surface area contributed by atoms with Crippen LogP contribution >= 0.6 is 23.2 Å². The molecule has 1 aliphatic rings. The van der Waals surface area contributed by atoms with E-state index in [0.29, 0.717) is 0 Å². The largest absolute Gasteiger partial charge is 0.414 e. The van der Waals surface area contributed by atoms with E-state index >= 15 is 4.39 Å². The van der Waals surface area contributed by atoms with Gasteiger partial charge < -0.3 is 19.3 Å². The maximum atomic E-state index is 16.6. The second-order valence-corrected chi connectivity index (χ2v) is 22.8. The molecule has 3 heterocycles. The minimum atomic E-state index is -2.44. The number of rotatable bonds is 6. The van der Waals surface area contributed by atoms with Gasteiger partial charge in [0.2, 0.25) is 5.95 Å². The van der Waals surface area contributed by atoms with E-state index in [1.807, 2.05) is 0 Å². The Kier molecular flexibility index (Phi) is 7.54. The van der Waals surface area contributed by atoms with Gasteiger partial charge >= 0.3 is 0 Å². The molecule has 35 heavy (non-hydrogen) atoms. The van der Waals surface area contributed by atoms with Crippen LogP contribution in [0, 0.1) is 0 Å². The standard InChI is InChI=1S/C22H38Cl2FN5O3Si2/c1-20(2,3)34(7,8)31-11-13-15(33-35(9,10)21(4,5)6)22(24,25)18(32-13)30-12-27-14-16(23)28-19(26)29-17(14)30/h12-13,15,18H,11H2,1-10H3,(H2,26,28,29)/t13-,15-,18?,22-/m1/s1. The number of fused-ring (bicyclic) bond motifs is 1. The fraction of sp³-hybridized carbons (Fsp3) is 0.773. The molecule has 1 aliphatic heterocycles. The van der Waals surface area contributed by atoms with E-state index in [1.165, 1.54) is 10.9 Å². The number of alkyl halides is 2. The minimum Gasteiger partial charge on any atom is -0.414 e. The normalized spacial score (nSPS) is 26.6. The summed E-state index contributed by atoms with van der Waals surface area (Å²) in [5.74, 6) is -0.0619. The average molecular weight is 567 g/mol. The Balaban J connectivity index is 2.04. The van der Waals surface area contributed by atoms with Crippen molar-refractivity contribution in [2.45, 2.75) is 101 Å². The van der Waals surface area contributed by atoms with Gasteiger partial charge in [0, 0.05) is 0 Å². The van der Waals surface area contributed by atoms with Gasteiger partial charge in [-0.15, -0.1) is 0 Å². The molecule has 2 N–H and O–H groups in total. The Morgan fingerprint density at radius 3 is 2.23 bits per heavy atom. The first kappa shape index (κ1) is 28.7. The zero-order valence-corrected chi connectivity index (χ0v) is 25.8. The van der Waals surface area contributed by atoms with E-state index in [1.54, 1.807) is 0 Å². The summed E-state index contributed by atoms with van der Waals surface area (Å²) in [5.41, 5.74) is 6.30. The number of nitrogens with zero attached hydrogens (tertiary/aromatic N) is 4. The summed E-state index contributed by atoms with van der Waals surface area (Å²) >= 11 is 12.8. The van der Waals surface area contributed by atoms with E-state index in [4.69, 9.17) is 42.5 Å². The van der Waals surface area contributed by atoms with Gasteiger partial charge in [0.25, 0.3) is 5.13 Å². The first-order valence-electron chi connectivity index (χ1n) is 11.7. The maximum Gasteiger partial charge on any atom is 0.255 e. The summed E-state index contributed by atoms with van der Waals surface area (Å²) in [5, 5.41) is -2.56. The second-order valence-electron chi connectivity index (χ2n) is 12.3. The molecule has 8 nitrogen and oxygen atoms in total. The highest BCUT2D eigenvalue weighted by Gasteiger charge is 2.61. The topological polar surface area (TPSA) is 97.3 Å². The highest BCUT2D eigenvalue weighted by molar-refractivity contribution is 6.74. The number of anilines is 1. The minimum absolute atomic E-state index is 0.0275. The number of nitrogens with two attached hydrogens (primary N) is 1. The van der Waals surface area contributed by atoms with Crippen LogP contribution in [0.25, 0.3) is 11.2 Å². The Hall–Kier alpha value is -0.826. The quantitative estimate of drug-likeness (QED) is 0.250. The Morgan fingerprint density at radius 2 is 1.69 bits per heavy atom. The van der Waals surface area contributed by atoms with Gasteiger partial charge in [-0.05, 0) is 36.3 Å². The highest BCUT2D eigenvalue weighted by Crippen LogP contribution is 2.50. The molecule has 2 aromatic rings. The molecule has 0 saturated carbocycles. The van der Waals surface area contributed by atoms with Crippen LogP contribution < -0.4 is 5.73 Å². The SMILES string of the molecule is CC(C)(C)[Si](C)(C)OC[C@H]1OC(n2cnc3c(Cl)nc(N)nc32)[C@@](F)(Cl)[C@@H]1O[Si](C)(C)C(C)(C)C. The fourth-order valence-corrected chi connectivity index (χ4v) is 6.28. The van der Waals surface area contributed by atoms with Crippen LogP contribution in [0.2, 0.25) is 41.4 Å². The molecule has 4 atom stereocenters. The van der Waals surface area contributed by atoms with Crippen molar-refractivity contribution in [2.75, 3.05) is 12.3 Å². The predicted molar refractivity (Wildman–Crippen MR) is 144 cm³/mol. The molecule has 1 saturated heterocycles. The van der Waals surface area contributed by atoms with Gasteiger partial charge in [0.1, 0.15) is 17.7 Å². The van der Waals surface area contributed by atoms with Gasteiger partial charge in [0.15, 0.2) is 33.7 Å². The maximum absolute atomic E-state index is 16.6. The summed E-state index contributed by atoms with van der Waals surface area (Å²) in [6.07, 6.45) is -1.74. The molecule has 0 aromatic carbocycles. The number of imidazole rings is 1. The lowest BCUT2D eigenvalue weighted by Gasteiger charge is -2.41. The Labute approximate surface area is 219 Å². The third kappa shape index (κ3) is 5.41. The molecule has 198 valence electrons. The van der Waals surface area contributed by atoms with Crippen molar-refractivity contribution in [3.05, 3.63) is 11.5 Å².